The number of hydrogen-bond acceptors (Lipinski definition) is 3. The molecule has 0 radical (unpaired) electrons. The van der Waals surface area contributed by atoms with Crippen LogP contribution in [-0.2, 0) is 6.18 Å². The molecule has 1 N–H and O–H groups in total. The van der Waals surface area contributed by atoms with E-state index in [1.54, 1.807) is 15.9 Å². The number of nitriles is 1. The fourth-order valence-electron chi connectivity index (χ4n) is 3.54. The molecule has 2 aromatic rings. The molecule has 1 aliphatic heterocycles. The minimum absolute atomic E-state index is 0.279. The Bertz CT molecular complexity index is 980. The van der Waals surface area contributed by atoms with Gasteiger partial charge in [-0.3, -0.25) is 0 Å². The SMILES string of the molecule is CC1(C)CN(c2ccc(C#N)c(C(F)(F)F)c2)CCN1C(=O)Nc1ccc(F)cc1. The second-order valence-corrected chi connectivity index (χ2v) is 7.66. The number of benzene rings is 2. The van der Waals surface area contributed by atoms with Crippen molar-refractivity contribution in [3.05, 3.63) is 59.4 Å². The number of urea groups is 1. The van der Waals surface area contributed by atoms with Crippen LogP contribution in [0.15, 0.2) is 42.5 Å². The average Bonchev–Trinajstić information content (AvgIpc) is 2.67. The lowest BCUT2D eigenvalue weighted by Crippen LogP contribution is -2.62. The van der Waals surface area contributed by atoms with Gasteiger partial charge in [0.1, 0.15) is 5.82 Å². The van der Waals surface area contributed by atoms with Crippen LogP contribution in [-0.4, -0.2) is 36.1 Å². The van der Waals surface area contributed by atoms with Gasteiger partial charge in [0.15, 0.2) is 0 Å². The van der Waals surface area contributed by atoms with Crippen molar-refractivity contribution in [3.8, 4) is 6.07 Å². The number of hydrogen-bond donors (Lipinski definition) is 1. The van der Waals surface area contributed by atoms with Crippen LogP contribution in [0, 0.1) is 17.1 Å². The van der Waals surface area contributed by atoms with Crippen molar-refractivity contribution >= 4 is 17.4 Å². The minimum atomic E-state index is -4.63. The third-order valence-electron chi connectivity index (χ3n) is 5.04. The smallest absolute Gasteiger partial charge is 0.367 e. The number of carbonyl (C=O) groups is 1. The predicted molar refractivity (Wildman–Crippen MR) is 105 cm³/mol. The van der Waals surface area contributed by atoms with Crippen LogP contribution in [0.25, 0.3) is 0 Å². The van der Waals surface area contributed by atoms with E-state index < -0.39 is 28.7 Å². The van der Waals surface area contributed by atoms with Crippen molar-refractivity contribution in [2.24, 2.45) is 0 Å². The monoisotopic (exact) mass is 420 g/mol. The van der Waals surface area contributed by atoms with Gasteiger partial charge in [0, 0.05) is 31.0 Å². The standard InChI is InChI=1S/C21H20F4N4O/c1-20(2)13-28(17-8-3-14(12-26)18(11-17)21(23,24)25)9-10-29(20)19(30)27-16-6-4-15(22)5-7-16/h3-8,11H,9-10,13H2,1-2H3,(H,27,30). The van der Waals surface area contributed by atoms with Gasteiger partial charge < -0.3 is 15.1 Å². The van der Waals surface area contributed by atoms with Gasteiger partial charge in [-0.15, -0.1) is 0 Å². The van der Waals surface area contributed by atoms with Crippen LogP contribution in [0.4, 0.5) is 33.7 Å². The van der Waals surface area contributed by atoms with Gasteiger partial charge in [0.2, 0.25) is 0 Å². The summed E-state index contributed by atoms with van der Waals surface area (Å²) in [6.07, 6.45) is -4.63. The van der Waals surface area contributed by atoms with Crippen molar-refractivity contribution in [2.75, 3.05) is 29.9 Å². The number of anilines is 2. The molecule has 158 valence electrons. The Hall–Kier alpha value is -3.28. The Labute approximate surface area is 171 Å². The van der Waals surface area contributed by atoms with Crippen LogP contribution in [0.3, 0.4) is 0 Å². The van der Waals surface area contributed by atoms with Gasteiger partial charge in [0.25, 0.3) is 0 Å². The second-order valence-electron chi connectivity index (χ2n) is 7.66. The molecule has 0 atom stereocenters. The highest BCUT2D eigenvalue weighted by Gasteiger charge is 2.38. The summed E-state index contributed by atoms with van der Waals surface area (Å²) in [7, 11) is 0. The molecular weight excluding hydrogens is 400 g/mol. The average molecular weight is 420 g/mol. The van der Waals surface area contributed by atoms with Gasteiger partial charge >= 0.3 is 12.2 Å². The van der Waals surface area contributed by atoms with Gasteiger partial charge in [-0.1, -0.05) is 0 Å². The normalized spacial score (nSPS) is 16.2. The first kappa shape index (κ1) is 21.4. The van der Waals surface area contributed by atoms with Crippen molar-refractivity contribution in [1.29, 1.82) is 5.26 Å². The molecule has 1 heterocycles. The molecule has 0 spiro atoms. The quantitative estimate of drug-likeness (QED) is 0.707. The molecule has 1 fully saturated rings. The third-order valence-corrected chi connectivity index (χ3v) is 5.04. The van der Waals surface area contributed by atoms with Crippen molar-refractivity contribution in [3.63, 3.8) is 0 Å². The van der Waals surface area contributed by atoms with E-state index in [2.05, 4.69) is 5.32 Å². The number of halogens is 4. The van der Waals surface area contributed by atoms with E-state index in [9.17, 15) is 22.4 Å². The topological polar surface area (TPSA) is 59.4 Å². The highest BCUT2D eigenvalue weighted by molar-refractivity contribution is 5.90. The number of carbonyl (C=O) groups excluding carboxylic acids is 1. The van der Waals surface area contributed by atoms with Crippen molar-refractivity contribution in [1.82, 2.24) is 4.90 Å². The molecule has 0 bridgehead atoms. The van der Waals surface area contributed by atoms with Crippen LogP contribution < -0.4 is 10.2 Å². The fraction of sp³-hybridized carbons (Fsp3) is 0.333. The summed E-state index contributed by atoms with van der Waals surface area (Å²) in [5.74, 6) is -0.414. The van der Waals surface area contributed by atoms with E-state index in [-0.39, 0.29) is 12.6 Å². The zero-order chi connectivity index (χ0) is 22.1. The lowest BCUT2D eigenvalue weighted by molar-refractivity contribution is -0.137. The summed E-state index contributed by atoms with van der Waals surface area (Å²) in [5, 5.41) is 11.7. The molecule has 0 aromatic heterocycles. The summed E-state index contributed by atoms with van der Waals surface area (Å²) in [4.78, 5) is 16.1. The first-order chi connectivity index (χ1) is 14.0. The van der Waals surface area contributed by atoms with Gasteiger partial charge in [0.05, 0.1) is 22.7 Å². The highest BCUT2D eigenvalue weighted by Crippen LogP contribution is 2.35. The Morgan fingerprint density at radius 2 is 1.80 bits per heavy atom. The Balaban J connectivity index is 1.77. The van der Waals surface area contributed by atoms with Crippen molar-refractivity contribution < 1.29 is 22.4 Å². The predicted octanol–water partition coefficient (Wildman–Crippen LogP) is 4.85. The Kier molecular flexibility index (Phi) is 5.61. The molecule has 0 unspecified atom stereocenters. The van der Waals surface area contributed by atoms with E-state index in [4.69, 9.17) is 5.26 Å². The maximum Gasteiger partial charge on any atom is 0.417 e. The molecule has 1 saturated heterocycles. The number of piperazine rings is 1. The lowest BCUT2D eigenvalue weighted by Gasteiger charge is -2.47. The number of rotatable bonds is 2. The van der Waals surface area contributed by atoms with Gasteiger partial charge in [-0.25, -0.2) is 9.18 Å². The molecule has 9 heteroatoms. The molecule has 0 aliphatic carbocycles. The molecule has 2 aromatic carbocycles. The molecule has 0 saturated carbocycles. The third kappa shape index (κ3) is 4.48. The van der Waals surface area contributed by atoms with Crippen molar-refractivity contribution in [2.45, 2.75) is 25.6 Å². The molecule has 30 heavy (non-hydrogen) atoms. The number of nitrogens with zero attached hydrogens (tertiary/aromatic N) is 3. The second kappa shape index (κ2) is 7.86. The molecule has 5 nitrogen and oxygen atoms in total. The maximum atomic E-state index is 13.3. The summed E-state index contributed by atoms with van der Waals surface area (Å²) in [6.45, 7) is 4.54. The van der Waals surface area contributed by atoms with Crippen LogP contribution in [0.5, 0.6) is 0 Å². The largest absolute Gasteiger partial charge is 0.417 e. The summed E-state index contributed by atoms with van der Waals surface area (Å²) < 4.78 is 52.9. The van der Waals surface area contributed by atoms with Crippen LogP contribution in [0.1, 0.15) is 25.0 Å². The fourth-order valence-corrected chi connectivity index (χ4v) is 3.54. The van der Waals surface area contributed by atoms with Crippen LogP contribution in [0.2, 0.25) is 0 Å². The molecular formula is C21H20F4N4O. The van der Waals surface area contributed by atoms with E-state index in [1.807, 2.05) is 13.8 Å². The van der Waals surface area contributed by atoms with E-state index >= 15 is 0 Å². The zero-order valence-corrected chi connectivity index (χ0v) is 16.4. The number of nitrogens with one attached hydrogen (secondary N) is 1. The summed E-state index contributed by atoms with van der Waals surface area (Å²) >= 11 is 0. The van der Waals surface area contributed by atoms with E-state index in [0.29, 0.717) is 24.5 Å². The lowest BCUT2D eigenvalue weighted by atomic mass is 9.98. The van der Waals surface area contributed by atoms with Gasteiger partial charge in [-0.05, 0) is 56.3 Å². The summed E-state index contributed by atoms with van der Waals surface area (Å²) in [5.41, 5.74) is -1.30. The zero-order valence-electron chi connectivity index (χ0n) is 16.4. The maximum absolute atomic E-state index is 13.3. The number of alkyl halides is 3. The number of amides is 2. The minimum Gasteiger partial charge on any atom is -0.367 e. The highest BCUT2D eigenvalue weighted by atomic mass is 19.4. The summed E-state index contributed by atoms with van der Waals surface area (Å²) in [6, 6.07) is 10.2. The first-order valence-electron chi connectivity index (χ1n) is 9.22. The Morgan fingerprint density at radius 3 is 2.37 bits per heavy atom. The Morgan fingerprint density at radius 1 is 1.13 bits per heavy atom. The van der Waals surface area contributed by atoms with Gasteiger partial charge in [-0.2, -0.15) is 18.4 Å². The van der Waals surface area contributed by atoms with E-state index in [0.717, 1.165) is 6.07 Å². The molecule has 2 amide bonds. The first-order valence-corrected chi connectivity index (χ1v) is 9.22. The van der Waals surface area contributed by atoms with Crippen LogP contribution >= 0.6 is 0 Å². The van der Waals surface area contributed by atoms with E-state index in [1.165, 1.54) is 36.4 Å². The molecule has 3 rings (SSSR count). The molecule has 1 aliphatic rings.